The second-order valence-corrected chi connectivity index (χ2v) is 4.14. The summed E-state index contributed by atoms with van der Waals surface area (Å²) >= 11 is 0. The molecule has 0 saturated carbocycles. The molecule has 1 rings (SSSR count). The Morgan fingerprint density at radius 3 is 2.44 bits per heavy atom. The van der Waals surface area contributed by atoms with Gasteiger partial charge >= 0.3 is 0 Å². The van der Waals surface area contributed by atoms with Crippen molar-refractivity contribution >= 4 is 11.6 Å². The fourth-order valence-electron chi connectivity index (χ4n) is 1.32. The van der Waals surface area contributed by atoms with Gasteiger partial charge in [0.2, 0.25) is 5.75 Å². The monoisotopic (exact) mass is 256 g/mol. The third-order valence-corrected chi connectivity index (χ3v) is 2.33. The van der Waals surface area contributed by atoms with Crippen LogP contribution in [0.2, 0.25) is 0 Å². The zero-order chi connectivity index (χ0) is 13.6. The van der Waals surface area contributed by atoms with E-state index < -0.39 is 5.60 Å². The molecular weight excluding hydrogens is 236 g/mol. The molecule has 1 unspecified atom stereocenters. The number of anilines is 2. The standard InChI is InChI=1S/C11H20N4O3/c1-4-12-9-8(18-3)10(15-7-14-9)13-5-11(2,17)6-16/h7,16-17H,4-6H2,1-3H3,(H2,12,13,14,15). The Balaban J connectivity index is 2.85. The summed E-state index contributed by atoms with van der Waals surface area (Å²) in [5.41, 5.74) is -1.21. The van der Waals surface area contributed by atoms with Gasteiger partial charge in [-0.2, -0.15) is 0 Å². The third kappa shape index (κ3) is 3.71. The lowest BCUT2D eigenvalue weighted by molar-refractivity contribution is 0.0131. The number of aliphatic hydroxyl groups excluding tert-OH is 1. The van der Waals surface area contributed by atoms with Gasteiger partial charge in [0.05, 0.1) is 13.7 Å². The maximum atomic E-state index is 9.71. The molecule has 0 amide bonds. The Hall–Kier alpha value is -1.60. The van der Waals surface area contributed by atoms with Crippen LogP contribution < -0.4 is 15.4 Å². The smallest absolute Gasteiger partial charge is 0.204 e. The first kappa shape index (κ1) is 14.5. The lowest BCUT2D eigenvalue weighted by Gasteiger charge is -2.22. The largest absolute Gasteiger partial charge is 0.490 e. The highest BCUT2D eigenvalue weighted by molar-refractivity contribution is 5.63. The first-order valence-corrected chi connectivity index (χ1v) is 5.74. The average Bonchev–Trinajstić information content (AvgIpc) is 2.37. The zero-order valence-electron chi connectivity index (χ0n) is 10.9. The highest BCUT2D eigenvalue weighted by Gasteiger charge is 2.20. The summed E-state index contributed by atoms with van der Waals surface area (Å²) < 4.78 is 5.23. The quantitative estimate of drug-likeness (QED) is 0.548. The molecular formula is C11H20N4O3. The molecule has 102 valence electrons. The van der Waals surface area contributed by atoms with Gasteiger partial charge in [0.1, 0.15) is 11.9 Å². The molecule has 0 spiro atoms. The van der Waals surface area contributed by atoms with Gasteiger partial charge in [-0.1, -0.05) is 0 Å². The normalized spacial score (nSPS) is 13.8. The van der Waals surface area contributed by atoms with Gasteiger partial charge in [-0.05, 0) is 13.8 Å². The summed E-state index contributed by atoms with van der Waals surface area (Å²) in [7, 11) is 1.52. The summed E-state index contributed by atoms with van der Waals surface area (Å²) in [6.07, 6.45) is 1.40. The molecule has 18 heavy (non-hydrogen) atoms. The number of ether oxygens (including phenoxy) is 1. The van der Waals surface area contributed by atoms with E-state index in [-0.39, 0.29) is 13.2 Å². The van der Waals surface area contributed by atoms with Crippen molar-refractivity contribution in [1.82, 2.24) is 9.97 Å². The maximum absolute atomic E-state index is 9.71. The van der Waals surface area contributed by atoms with Crippen molar-refractivity contribution in [2.24, 2.45) is 0 Å². The molecule has 1 atom stereocenters. The van der Waals surface area contributed by atoms with Crippen LogP contribution in [0, 0.1) is 0 Å². The number of hydrogen-bond donors (Lipinski definition) is 4. The summed E-state index contributed by atoms with van der Waals surface area (Å²) in [4.78, 5) is 8.12. The molecule has 1 aromatic heterocycles. The molecule has 7 heteroatoms. The van der Waals surface area contributed by atoms with Gasteiger partial charge in [-0.25, -0.2) is 9.97 Å². The minimum absolute atomic E-state index is 0.155. The molecule has 0 aliphatic carbocycles. The molecule has 0 saturated heterocycles. The Morgan fingerprint density at radius 1 is 1.33 bits per heavy atom. The lowest BCUT2D eigenvalue weighted by atomic mass is 10.1. The van der Waals surface area contributed by atoms with Gasteiger partial charge in [-0.3, -0.25) is 0 Å². The number of hydrogen-bond acceptors (Lipinski definition) is 7. The predicted octanol–water partition coefficient (Wildman–Crippen LogP) is 0.0722. The number of methoxy groups -OCH3 is 1. The molecule has 1 aromatic rings. The van der Waals surface area contributed by atoms with E-state index in [0.717, 1.165) is 0 Å². The molecule has 7 nitrogen and oxygen atoms in total. The SMILES string of the molecule is CCNc1ncnc(NCC(C)(O)CO)c1OC. The number of nitrogens with one attached hydrogen (secondary N) is 2. The van der Waals surface area contributed by atoms with Crippen LogP contribution in [0.5, 0.6) is 5.75 Å². The van der Waals surface area contributed by atoms with Crippen molar-refractivity contribution in [2.45, 2.75) is 19.4 Å². The Bertz CT molecular complexity index is 385. The van der Waals surface area contributed by atoms with E-state index in [2.05, 4.69) is 20.6 Å². The fourth-order valence-corrected chi connectivity index (χ4v) is 1.32. The molecule has 1 heterocycles. The van der Waals surface area contributed by atoms with E-state index in [4.69, 9.17) is 9.84 Å². The number of nitrogens with zero attached hydrogens (tertiary/aromatic N) is 2. The Labute approximate surface area is 106 Å². The predicted molar refractivity (Wildman–Crippen MR) is 68.9 cm³/mol. The van der Waals surface area contributed by atoms with Crippen molar-refractivity contribution < 1.29 is 14.9 Å². The van der Waals surface area contributed by atoms with Crippen LogP contribution in [0.3, 0.4) is 0 Å². The van der Waals surface area contributed by atoms with Crippen LogP contribution in [0.1, 0.15) is 13.8 Å². The zero-order valence-corrected chi connectivity index (χ0v) is 10.9. The van der Waals surface area contributed by atoms with Crippen LogP contribution in [0.15, 0.2) is 6.33 Å². The van der Waals surface area contributed by atoms with Crippen molar-refractivity contribution in [3.05, 3.63) is 6.33 Å². The Kier molecular flexibility index (Phi) is 5.11. The molecule has 0 aliphatic rings. The summed E-state index contributed by atoms with van der Waals surface area (Å²) in [5, 5.41) is 24.7. The van der Waals surface area contributed by atoms with Crippen molar-refractivity contribution in [3.8, 4) is 5.75 Å². The van der Waals surface area contributed by atoms with Crippen LogP contribution >= 0.6 is 0 Å². The van der Waals surface area contributed by atoms with Crippen LogP contribution in [0.4, 0.5) is 11.6 Å². The van der Waals surface area contributed by atoms with Crippen molar-refractivity contribution in [2.75, 3.05) is 37.4 Å². The molecule has 4 N–H and O–H groups in total. The van der Waals surface area contributed by atoms with Crippen LogP contribution in [0.25, 0.3) is 0 Å². The molecule has 0 bridgehead atoms. The second kappa shape index (κ2) is 6.36. The van der Waals surface area contributed by atoms with Gasteiger partial charge < -0.3 is 25.6 Å². The maximum Gasteiger partial charge on any atom is 0.204 e. The molecule has 0 aliphatic heterocycles. The van der Waals surface area contributed by atoms with Crippen molar-refractivity contribution in [1.29, 1.82) is 0 Å². The summed E-state index contributed by atoms with van der Waals surface area (Å²) in [6, 6.07) is 0. The molecule has 0 fully saturated rings. The van der Waals surface area contributed by atoms with E-state index in [0.29, 0.717) is 23.9 Å². The highest BCUT2D eigenvalue weighted by atomic mass is 16.5. The van der Waals surface area contributed by atoms with E-state index in [1.165, 1.54) is 20.4 Å². The first-order valence-electron chi connectivity index (χ1n) is 5.74. The number of aliphatic hydroxyl groups is 2. The molecule has 0 aromatic carbocycles. The van der Waals surface area contributed by atoms with Crippen LogP contribution in [-0.4, -0.2) is 52.6 Å². The number of aromatic nitrogens is 2. The van der Waals surface area contributed by atoms with Gasteiger partial charge in [0, 0.05) is 13.1 Å². The van der Waals surface area contributed by atoms with E-state index in [9.17, 15) is 5.11 Å². The highest BCUT2D eigenvalue weighted by Crippen LogP contribution is 2.28. The lowest BCUT2D eigenvalue weighted by Crippen LogP contribution is -2.37. The minimum Gasteiger partial charge on any atom is -0.490 e. The summed E-state index contributed by atoms with van der Waals surface area (Å²) in [5.74, 6) is 1.53. The van der Waals surface area contributed by atoms with Gasteiger partial charge in [0.15, 0.2) is 11.6 Å². The Morgan fingerprint density at radius 2 is 1.94 bits per heavy atom. The number of rotatable bonds is 7. The average molecular weight is 256 g/mol. The second-order valence-electron chi connectivity index (χ2n) is 4.14. The topological polar surface area (TPSA) is 99.5 Å². The van der Waals surface area contributed by atoms with Crippen molar-refractivity contribution in [3.63, 3.8) is 0 Å². The third-order valence-electron chi connectivity index (χ3n) is 2.33. The molecule has 0 radical (unpaired) electrons. The van der Waals surface area contributed by atoms with Gasteiger partial charge in [0.25, 0.3) is 0 Å². The first-order chi connectivity index (χ1) is 8.54. The summed E-state index contributed by atoms with van der Waals surface area (Å²) in [6.45, 7) is 4.00. The van der Waals surface area contributed by atoms with E-state index in [1.807, 2.05) is 6.92 Å². The van der Waals surface area contributed by atoms with E-state index >= 15 is 0 Å². The fraction of sp³-hybridized carbons (Fsp3) is 0.636. The van der Waals surface area contributed by atoms with Crippen LogP contribution in [-0.2, 0) is 0 Å². The van der Waals surface area contributed by atoms with E-state index in [1.54, 1.807) is 0 Å². The van der Waals surface area contributed by atoms with Gasteiger partial charge in [-0.15, -0.1) is 0 Å². The minimum atomic E-state index is -1.21.